The van der Waals surface area contributed by atoms with E-state index in [0.717, 1.165) is 29.1 Å². The van der Waals surface area contributed by atoms with E-state index < -0.39 is 0 Å². The van der Waals surface area contributed by atoms with E-state index in [1.54, 1.807) is 10.6 Å². The van der Waals surface area contributed by atoms with Crippen LogP contribution < -0.4 is 10.1 Å². The van der Waals surface area contributed by atoms with Crippen LogP contribution in [0, 0.1) is 13.8 Å². The van der Waals surface area contributed by atoms with E-state index in [2.05, 4.69) is 28.4 Å². The first-order valence-electron chi connectivity index (χ1n) is 8.40. The lowest BCUT2D eigenvalue weighted by atomic mass is 10.1. The minimum absolute atomic E-state index is 0.201. The summed E-state index contributed by atoms with van der Waals surface area (Å²) in [7, 11) is 0. The van der Waals surface area contributed by atoms with Crippen molar-refractivity contribution in [2.75, 3.05) is 0 Å². The summed E-state index contributed by atoms with van der Waals surface area (Å²) in [5.74, 6) is 0.743. The van der Waals surface area contributed by atoms with Crippen molar-refractivity contribution < 1.29 is 9.53 Å². The molecule has 4 rings (SSSR count). The highest BCUT2D eigenvalue weighted by Crippen LogP contribution is 2.29. The van der Waals surface area contributed by atoms with Gasteiger partial charge in [0.05, 0.1) is 0 Å². The number of ether oxygens (including phenoxy) is 1. The number of hydrogen-bond donors (Lipinski definition) is 1. The van der Waals surface area contributed by atoms with E-state index in [1.807, 2.05) is 32.0 Å². The van der Waals surface area contributed by atoms with Gasteiger partial charge >= 0.3 is 0 Å². The van der Waals surface area contributed by atoms with Crippen LogP contribution in [-0.4, -0.2) is 26.6 Å². The number of benzene rings is 1. The molecule has 0 fully saturated rings. The van der Waals surface area contributed by atoms with Gasteiger partial charge in [-0.05, 0) is 44.0 Å². The maximum absolute atomic E-state index is 12.4. The molecular formula is C19H20N4O2. The van der Waals surface area contributed by atoms with Crippen molar-refractivity contribution in [1.82, 2.24) is 19.9 Å². The molecule has 6 heteroatoms. The van der Waals surface area contributed by atoms with Crippen LogP contribution in [-0.2, 0) is 13.0 Å². The van der Waals surface area contributed by atoms with Gasteiger partial charge in [-0.2, -0.15) is 5.10 Å². The Morgan fingerprint density at radius 2 is 2.16 bits per heavy atom. The predicted molar refractivity (Wildman–Crippen MR) is 93.9 cm³/mol. The highest BCUT2D eigenvalue weighted by molar-refractivity contribution is 5.93. The molecule has 1 aromatic carbocycles. The Balaban J connectivity index is 1.49. The second kappa shape index (κ2) is 5.88. The largest absolute Gasteiger partial charge is 0.490 e. The summed E-state index contributed by atoms with van der Waals surface area (Å²) < 4.78 is 7.39. The Morgan fingerprint density at radius 3 is 3.00 bits per heavy atom. The standard InChI is InChI=1S/C19H20N4O2/c1-11-6-12(2)23-18(21-11)9-16(22-23)19(24)20-10-14-4-5-17-15(8-14)7-13(3)25-17/h4-6,8-9,13H,7,10H2,1-3H3,(H,20,24). The van der Waals surface area contributed by atoms with Gasteiger partial charge in [0.15, 0.2) is 11.3 Å². The molecule has 0 saturated carbocycles. The van der Waals surface area contributed by atoms with Gasteiger partial charge in [-0.15, -0.1) is 0 Å². The van der Waals surface area contributed by atoms with Crippen molar-refractivity contribution in [2.24, 2.45) is 0 Å². The average Bonchev–Trinajstić information content (AvgIpc) is 3.14. The minimum Gasteiger partial charge on any atom is -0.490 e. The highest BCUT2D eigenvalue weighted by atomic mass is 16.5. The van der Waals surface area contributed by atoms with Crippen LogP contribution in [0.5, 0.6) is 5.75 Å². The third-order valence-electron chi connectivity index (χ3n) is 4.38. The fourth-order valence-corrected chi connectivity index (χ4v) is 3.26. The van der Waals surface area contributed by atoms with Crippen LogP contribution >= 0.6 is 0 Å². The van der Waals surface area contributed by atoms with Crippen LogP contribution in [0.4, 0.5) is 0 Å². The molecule has 0 aliphatic carbocycles. The van der Waals surface area contributed by atoms with Crippen LogP contribution in [0.25, 0.3) is 5.65 Å². The molecule has 1 unspecified atom stereocenters. The number of carbonyl (C=O) groups is 1. The van der Waals surface area contributed by atoms with Gasteiger partial charge in [0.25, 0.3) is 5.91 Å². The summed E-state index contributed by atoms with van der Waals surface area (Å²) in [6.45, 7) is 6.39. The zero-order chi connectivity index (χ0) is 17.6. The third kappa shape index (κ3) is 2.95. The Kier molecular flexibility index (Phi) is 3.67. The van der Waals surface area contributed by atoms with Crippen molar-refractivity contribution in [3.63, 3.8) is 0 Å². The van der Waals surface area contributed by atoms with Crippen LogP contribution in [0.1, 0.15) is 39.9 Å². The van der Waals surface area contributed by atoms with Crippen molar-refractivity contribution >= 4 is 11.6 Å². The number of hydrogen-bond acceptors (Lipinski definition) is 4. The molecule has 2 aromatic heterocycles. The number of aryl methyl sites for hydroxylation is 2. The maximum Gasteiger partial charge on any atom is 0.272 e. The SMILES string of the molecule is Cc1cc(C)n2nc(C(=O)NCc3ccc4c(c3)CC(C)O4)cc2n1. The molecule has 0 saturated heterocycles. The van der Waals surface area contributed by atoms with Crippen molar-refractivity contribution in [3.05, 3.63) is 58.5 Å². The summed E-state index contributed by atoms with van der Waals surface area (Å²) in [5.41, 5.74) is 5.17. The van der Waals surface area contributed by atoms with Gasteiger partial charge in [0.1, 0.15) is 11.9 Å². The first-order chi connectivity index (χ1) is 12.0. The van der Waals surface area contributed by atoms with Crippen LogP contribution in [0.2, 0.25) is 0 Å². The van der Waals surface area contributed by atoms with Gasteiger partial charge in [0.2, 0.25) is 0 Å². The summed E-state index contributed by atoms with van der Waals surface area (Å²) in [6.07, 6.45) is 1.13. The minimum atomic E-state index is -0.201. The number of aromatic nitrogens is 3. The van der Waals surface area contributed by atoms with E-state index in [-0.39, 0.29) is 12.0 Å². The normalized spacial score (nSPS) is 15.9. The fraction of sp³-hybridized carbons (Fsp3) is 0.316. The van der Waals surface area contributed by atoms with Crippen LogP contribution in [0.3, 0.4) is 0 Å². The number of carbonyl (C=O) groups excluding carboxylic acids is 1. The first kappa shape index (κ1) is 15.6. The van der Waals surface area contributed by atoms with Gasteiger partial charge in [-0.1, -0.05) is 12.1 Å². The number of nitrogens with one attached hydrogen (secondary N) is 1. The molecular weight excluding hydrogens is 316 g/mol. The lowest BCUT2D eigenvalue weighted by Gasteiger charge is -2.05. The van der Waals surface area contributed by atoms with Crippen LogP contribution in [0.15, 0.2) is 30.3 Å². The summed E-state index contributed by atoms with van der Waals surface area (Å²) >= 11 is 0. The Labute approximate surface area is 145 Å². The maximum atomic E-state index is 12.4. The zero-order valence-corrected chi connectivity index (χ0v) is 14.5. The van der Waals surface area contributed by atoms with E-state index in [1.165, 1.54) is 5.56 Å². The molecule has 1 N–H and O–H groups in total. The van der Waals surface area contributed by atoms with Gasteiger partial charge in [-0.25, -0.2) is 9.50 Å². The lowest BCUT2D eigenvalue weighted by Crippen LogP contribution is -2.23. The smallest absolute Gasteiger partial charge is 0.272 e. The topological polar surface area (TPSA) is 68.5 Å². The second-order valence-corrected chi connectivity index (χ2v) is 6.60. The molecule has 0 radical (unpaired) electrons. The predicted octanol–water partition coefficient (Wildman–Crippen LogP) is 2.60. The van der Waals surface area contributed by atoms with Crippen molar-refractivity contribution in [2.45, 2.75) is 39.8 Å². The third-order valence-corrected chi connectivity index (χ3v) is 4.38. The monoisotopic (exact) mass is 336 g/mol. The molecule has 0 bridgehead atoms. The van der Waals surface area contributed by atoms with Gasteiger partial charge in [0, 0.05) is 30.4 Å². The fourth-order valence-electron chi connectivity index (χ4n) is 3.26. The quantitative estimate of drug-likeness (QED) is 0.798. The second-order valence-electron chi connectivity index (χ2n) is 6.60. The number of nitrogens with zero attached hydrogens (tertiary/aromatic N) is 3. The summed E-state index contributed by atoms with van der Waals surface area (Å²) in [6, 6.07) is 9.71. The van der Waals surface area contributed by atoms with Crippen molar-refractivity contribution in [1.29, 1.82) is 0 Å². The molecule has 6 nitrogen and oxygen atoms in total. The number of amides is 1. The molecule has 3 heterocycles. The molecule has 25 heavy (non-hydrogen) atoms. The molecule has 1 atom stereocenters. The van der Waals surface area contributed by atoms with E-state index >= 15 is 0 Å². The van der Waals surface area contributed by atoms with E-state index in [9.17, 15) is 4.79 Å². The van der Waals surface area contributed by atoms with Crippen molar-refractivity contribution in [3.8, 4) is 5.75 Å². The molecule has 1 aliphatic rings. The average molecular weight is 336 g/mol. The first-order valence-corrected chi connectivity index (χ1v) is 8.40. The summed E-state index contributed by atoms with van der Waals surface area (Å²) in [4.78, 5) is 16.8. The zero-order valence-electron chi connectivity index (χ0n) is 14.5. The lowest BCUT2D eigenvalue weighted by molar-refractivity contribution is 0.0945. The number of fused-ring (bicyclic) bond motifs is 2. The van der Waals surface area contributed by atoms with E-state index in [0.29, 0.717) is 17.9 Å². The highest BCUT2D eigenvalue weighted by Gasteiger charge is 2.19. The molecule has 0 spiro atoms. The van der Waals surface area contributed by atoms with Gasteiger partial charge < -0.3 is 10.1 Å². The van der Waals surface area contributed by atoms with Gasteiger partial charge in [-0.3, -0.25) is 4.79 Å². The molecule has 128 valence electrons. The Morgan fingerprint density at radius 1 is 1.32 bits per heavy atom. The number of rotatable bonds is 3. The molecule has 1 aliphatic heterocycles. The molecule has 3 aromatic rings. The summed E-state index contributed by atoms with van der Waals surface area (Å²) in [5, 5.41) is 7.28. The Hall–Kier alpha value is -2.89. The van der Waals surface area contributed by atoms with E-state index in [4.69, 9.17) is 4.74 Å². The Bertz CT molecular complexity index is 977. The molecule has 1 amide bonds.